The number of alkyl halides is 3. The lowest BCUT2D eigenvalue weighted by atomic mass is 10.0. The van der Waals surface area contributed by atoms with Crippen LogP contribution in [0, 0.1) is 12.7 Å². The average molecular weight is 368 g/mol. The maximum Gasteiger partial charge on any atom is 0.416 e. The number of aromatic nitrogens is 2. The van der Waals surface area contributed by atoms with Crippen LogP contribution in [0.15, 0.2) is 24.4 Å². The monoisotopic (exact) mass is 368 g/mol. The smallest absolute Gasteiger partial charge is 0.353 e. The molecule has 1 fully saturated rings. The van der Waals surface area contributed by atoms with E-state index in [0.717, 1.165) is 25.1 Å². The largest absolute Gasteiger partial charge is 0.416 e. The van der Waals surface area contributed by atoms with Crippen LogP contribution in [0.25, 0.3) is 11.1 Å². The van der Waals surface area contributed by atoms with Gasteiger partial charge in [0.25, 0.3) is 0 Å². The molecule has 1 saturated heterocycles. The summed E-state index contributed by atoms with van der Waals surface area (Å²) in [5.74, 6) is -0.524. The SMILES string of the molecule is Cc1nc(NCC2CCCCN2)ncc1-c1ccc(C(F)(F)F)cc1F. The summed E-state index contributed by atoms with van der Waals surface area (Å²) in [5, 5.41) is 6.56. The van der Waals surface area contributed by atoms with Crippen molar-refractivity contribution >= 4 is 5.95 Å². The third-order valence-corrected chi connectivity index (χ3v) is 4.48. The molecule has 8 heteroatoms. The van der Waals surface area contributed by atoms with Crippen LogP contribution in [0.5, 0.6) is 0 Å². The maximum absolute atomic E-state index is 14.2. The Morgan fingerprint density at radius 3 is 2.65 bits per heavy atom. The molecule has 1 aromatic carbocycles. The lowest BCUT2D eigenvalue weighted by Gasteiger charge is -2.23. The zero-order valence-electron chi connectivity index (χ0n) is 14.3. The number of anilines is 1. The molecule has 0 bridgehead atoms. The van der Waals surface area contributed by atoms with Gasteiger partial charge in [-0.05, 0) is 38.4 Å². The summed E-state index contributed by atoms with van der Waals surface area (Å²) in [6.07, 6.45) is 0.308. The third kappa shape index (κ3) is 4.30. The van der Waals surface area contributed by atoms with Gasteiger partial charge in [-0.25, -0.2) is 14.4 Å². The normalized spacial score (nSPS) is 18.0. The van der Waals surface area contributed by atoms with Gasteiger partial charge in [-0.2, -0.15) is 13.2 Å². The highest BCUT2D eigenvalue weighted by molar-refractivity contribution is 5.66. The van der Waals surface area contributed by atoms with Crippen LogP contribution in [0.3, 0.4) is 0 Å². The van der Waals surface area contributed by atoms with Crippen molar-refractivity contribution in [3.05, 3.63) is 41.5 Å². The van der Waals surface area contributed by atoms with E-state index in [0.29, 0.717) is 35.9 Å². The molecule has 1 aliphatic rings. The van der Waals surface area contributed by atoms with Crippen molar-refractivity contribution in [3.8, 4) is 11.1 Å². The number of aryl methyl sites for hydroxylation is 1. The van der Waals surface area contributed by atoms with Crippen molar-refractivity contribution in [1.29, 1.82) is 0 Å². The molecule has 1 aromatic heterocycles. The van der Waals surface area contributed by atoms with Gasteiger partial charge in [0.05, 0.1) is 11.3 Å². The fourth-order valence-electron chi connectivity index (χ4n) is 3.04. The van der Waals surface area contributed by atoms with Crippen molar-refractivity contribution in [2.45, 2.75) is 38.4 Å². The number of hydrogen-bond donors (Lipinski definition) is 2. The second kappa shape index (κ2) is 7.57. The Hall–Kier alpha value is -2.22. The van der Waals surface area contributed by atoms with Gasteiger partial charge in [-0.15, -0.1) is 0 Å². The molecule has 1 unspecified atom stereocenters. The van der Waals surface area contributed by atoms with E-state index in [1.165, 1.54) is 19.0 Å². The Balaban J connectivity index is 1.75. The van der Waals surface area contributed by atoms with Crippen molar-refractivity contribution in [1.82, 2.24) is 15.3 Å². The molecule has 1 aliphatic heterocycles. The first-order valence-corrected chi connectivity index (χ1v) is 8.52. The molecular formula is C18H20F4N4. The van der Waals surface area contributed by atoms with E-state index in [9.17, 15) is 17.6 Å². The zero-order chi connectivity index (χ0) is 18.7. The second-order valence-corrected chi connectivity index (χ2v) is 6.41. The minimum atomic E-state index is -4.58. The minimum Gasteiger partial charge on any atom is -0.353 e. The van der Waals surface area contributed by atoms with Crippen molar-refractivity contribution in [2.24, 2.45) is 0 Å². The lowest BCUT2D eigenvalue weighted by molar-refractivity contribution is -0.137. The molecule has 26 heavy (non-hydrogen) atoms. The van der Waals surface area contributed by atoms with Gasteiger partial charge >= 0.3 is 6.18 Å². The van der Waals surface area contributed by atoms with E-state index < -0.39 is 17.6 Å². The fourth-order valence-corrected chi connectivity index (χ4v) is 3.04. The Labute approximate surface area is 149 Å². The predicted octanol–water partition coefficient (Wildman–Crippen LogP) is 4.16. The van der Waals surface area contributed by atoms with E-state index in [1.807, 2.05) is 0 Å². The molecule has 140 valence electrons. The van der Waals surface area contributed by atoms with E-state index in [4.69, 9.17) is 0 Å². The summed E-state index contributed by atoms with van der Waals surface area (Å²) in [5.41, 5.74) is -0.0954. The first kappa shape index (κ1) is 18.6. The van der Waals surface area contributed by atoms with Crippen LogP contribution in [-0.2, 0) is 6.18 Å². The number of piperidine rings is 1. The summed E-state index contributed by atoms with van der Waals surface area (Å²) in [6, 6.07) is 2.83. The van der Waals surface area contributed by atoms with E-state index in [1.54, 1.807) is 6.92 Å². The predicted molar refractivity (Wildman–Crippen MR) is 91.3 cm³/mol. The van der Waals surface area contributed by atoms with Gasteiger partial charge in [0.1, 0.15) is 5.82 Å². The number of hydrogen-bond acceptors (Lipinski definition) is 4. The maximum atomic E-state index is 14.2. The van der Waals surface area contributed by atoms with Gasteiger partial charge in [0.15, 0.2) is 0 Å². The summed E-state index contributed by atoms with van der Waals surface area (Å²) in [7, 11) is 0. The Bertz CT molecular complexity index is 770. The van der Waals surface area contributed by atoms with Gasteiger partial charge < -0.3 is 10.6 Å². The first-order valence-electron chi connectivity index (χ1n) is 8.52. The number of benzene rings is 1. The Morgan fingerprint density at radius 1 is 1.23 bits per heavy atom. The Morgan fingerprint density at radius 2 is 2.04 bits per heavy atom. The zero-order valence-corrected chi connectivity index (χ0v) is 14.3. The van der Waals surface area contributed by atoms with Crippen molar-refractivity contribution < 1.29 is 17.6 Å². The number of nitrogens with one attached hydrogen (secondary N) is 2. The summed E-state index contributed by atoms with van der Waals surface area (Å²) in [6.45, 7) is 3.37. The summed E-state index contributed by atoms with van der Waals surface area (Å²) in [4.78, 5) is 8.48. The van der Waals surface area contributed by atoms with Crippen LogP contribution in [0.2, 0.25) is 0 Å². The van der Waals surface area contributed by atoms with Crippen LogP contribution in [0.4, 0.5) is 23.5 Å². The van der Waals surface area contributed by atoms with Crippen molar-refractivity contribution in [2.75, 3.05) is 18.4 Å². The van der Waals surface area contributed by atoms with Crippen molar-refractivity contribution in [3.63, 3.8) is 0 Å². The summed E-state index contributed by atoms with van der Waals surface area (Å²) >= 11 is 0. The molecule has 0 spiro atoms. The van der Waals surface area contributed by atoms with Gasteiger partial charge in [0, 0.05) is 29.9 Å². The van der Waals surface area contributed by atoms with E-state index in [2.05, 4.69) is 20.6 Å². The molecule has 3 rings (SSSR count). The van der Waals surface area contributed by atoms with Gasteiger partial charge in [-0.3, -0.25) is 0 Å². The lowest BCUT2D eigenvalue weighted by Crippen LogP contribution is -2.39. The summed E-state index contributed by atoms with van der Waals surface area (Å²) < 4.78 is 52.2. The third-order valence-electron chi connectivity index (χ3n) is 4.48. The molecule has 4 nitrogen and oxygen atoms in total. The van der Waals surface area contributed by atoms with Gasteiger partial charge in [0.2, 0.25) is 5.95 Å². The second-order valence-electron chi connectivity index (χ2n) is 6.41. The van der Waals surface area contributed by atoms with E-state index >= 15 is 0 Å². The Kier molecular flexibility index (Phi) is 5.41. The van der Waals surface area contributed by atoms with Crippen LogP contribution in [-0.4, -0.2) is 29.1 Å². The highest BCUT2D eigenvalue weighted by Gasteiger charge is 2.31. The first-order chi connectivity index (χ1) is 12.3. The molecule has 2 aromatic rings. The number of halogens is 4. The molecule has 2 heterocycles. The minimum absolute atomic E-state index is 0.0518. The molecule has 0 radical (unpaired) electrons. The highest BCUT2D eigenvalue weighted by atomic mass is 19.4. The molecular weight excluding hydrogens is 348 g/mol. The molecule has 0 amide bonds. The van der Waals surface area contributed by atoms with Crippen LogP contribution < -0.4 is 10.6 Å². The fraction of sp³-hybridized carbons (Fsp3) is 0.444. The standard InChI is InChI=1S/C18H20F4N4/c1-11-15(14-6-5-12(8-16(14)19)18(20,21)22)10-25-17(26-11)24-9-13-4-2-3-7-23-13/h5-6,8,10,13,23H,2-4,7,9H2,1H3,(H,24,25,26). The molecule has 0 aliphatic carbocycles. The number of nitrogens with zero attached hydrogens (tertiary/aromatic N) is 2. The average Bonchev–Trinajstić information content (AvgIpc) is 2.60. The number of rotatable bonds is 4. The van der Waals surface area contributed by atoms with Gasteiger partial charge in [-0.1, -0.05) is 12.5 Å². The molecule has 2 N–H and O–H groups in total. The van der Waals surface area contributed by atoms with Crippen LogP contribution >= 0.6 is 0 Å². The van der Waals surface area contributed by atoms with E-state index in [-0.39, 0.29) is 5.56 Å². The molecule has 1 atom stereocenters. The molecule has 0 saturated carbocycles. The topological polar surface area (TPSA) is 49.8 Å². The highest BCUT2D eigenvalue weighted by Crippen LogP contribution is 2.33. The quantitative estimate of drug-likeness (QED) is 0.796. The van der Waals surface area contributed by atoms with Crippen LogP contribution in [0.1, 0.15) is 30.5 Å².